The van der Waals surface area contributed by atoms with Crippen molar-refractivity contribution < 1.29 is 0 Å². The lowest BCUT2D eigenvalue weighted by atomic mass is 10.2. The van der Waals surface area contributed by atoms with Gasteiger partial charge in [-0.3, -0.25) is 0 Å². The number of nitrogens with two attached hydrogens (primary N) is 1. The summed E-state index contributed by atoms with van der Waals surface area (Å²) < 4.78 is 0. The van der Waals surface area contributed by atoms with Gasteiger partial charge in [-0.15, -0.1) is 0 Å². The van der Waals surface area contributed by atoms with Gasteiger partial charge in [0.25, 0.3) is 0 Å². The third-order valence-corrected chi connectivity index (χ3v) is 2.06. The molecule has 4 nitrogen and oxygen atoms in total. The van der Waals surface area contributed by atoms with E-state index in [0.717, 1.165) is 22.9 Å². The van der Waals surface area contributed by atoms with E-state index >= 15 is 0 Å². The number of imidazole rings is 1. The van der Waals surface area contributed by atoms with Gasteiger partial charge in [0.15, 0.2) is 0 Å². The van der Waals surface area contributed by atoms with Crippen molar-refractivity contribution in [1.29, 1.82) is 0 Å². The summed E-state index contributed by atoms with van der Waals surface area (Å²) in [6.07, 6.45) is 1.74. The molecule has 0 aliphatic heterocycles. The highest BCUT2D eigenvalue weighted by atomic mass is 15.0. The number of nitrogen functional groups attached to an aromatic ring is 1. The third-order valence-electron chi connectivity index (χ3n) is 2.06. The average molecular weight is 188 g/mol. The molecule has 72 valence electrons. The Bertz CT molecular complexity index is 433. The predicted octanol–water partition coefficient (Wildman–Crippen LogP) is 1.70. The first kappa shape index (κ1) is 8.62. The quantitative estimate of drug-likeness (QED) is 0.628. The molecule has 1 aromatic heterocycles. The van der Waals surface area contributed by atoms with Crippen LogP contribution in [0.25, 0.3) is 11.4 Å². The van der Waals surface area contributed by atoms with Crippen LogP contribution in [0.5, 0.6) is 0 Å². The Morgan fingerprint density at radius 3 is 2.79 bits per heavy atom. The zero-order valence-electron chi connectivity index (χ0n) is 7.91. The number of hydrogen-bond acceptors (Lipinski definition) is 3. The molecule has 4 heteroatoms. The first-order valence-electron chi connectivity index (χ1n) is 4.39. The maximum atomic E-state index is 5.82. The van der Waals surface area contributed by atoms with Gasteiger partial charge in [-0.05, 0) is 12.1 Å². The van der Waals surface area contributed by atoms with Crippen LogP contribution in [-0.4, -0.2) is 17.0 Å². The fraction of sp³-hybridized carbons (Fsp3) is 0.100. The van der Waals surface area contributed by atoms with Gasteiger partial charge >= 0.3 is 0 Å². The molecule has 0 saturated heterocycles. The number of rotatable bonds is 2. The number of aromatic amines is 1. The monoisotopic (exact) mass is 188 g/mol. The van der Waals surface area contributed by atoms with E-state index in [9.17, 15) is 0 Å². The molecule has 0 bridgehead atoms. The van der Waals surface area contributed by atoms with E-state index in [-0.39, 0.29) is 0 Å². The zero-order valence-corrected chi connectivity index (χ0v) is 7.91. The second kappa shape index (κ2) is 3.41. The number of nitrogens with one attached hydrogen (secondary N) is 2. The summed E-state index contributed by atoms with van der Waals surface area (Å²) in [5.74, 6) is 1.66. The molecule has 0 aliphatic carbocycles. The number of nitrogens with zero attached hydrogens (tertiary/aromatic N) is 1. The summed E-state index contributed by atoms with van der Waals surface area (Å²) in [6, 6.07) is 7.64. The van der Waals surface area contributed by atoms with Crippen LogP contribution in [0.2, 0.25) is 0 Å². The normalized spacial score (nSPS) is 10.1. The van der Waals surface area contributed by atoms with Gasteiger partial charge in [0.1, 0.15) is 11.6 Å². The number of hydrogen-bond donors (Lipinski definition) is 3. The second-order valence-electron chi connectivity index (χ2n) is 2.98. The SMILES string of the molecule is CNc1cnc(-c2ccccc2N)[nH]1. The molecule has 0 amide bonds. The number of aromatic nitrogens is 2. The number of para-hydroxylation sites is 1. The molecule has 0 aliphatic rings. The lowest BCUT2D eigenvalue weighted by Crippen LogP contribution is -1.91. The molecule has 0 radical (unpaired) electrons. The van der Waals surface area contributed by atoms with E-state index in [1.165, 1.54) is 0 Å². The van der Waals surface area contributed by atoms with Crippen molar-refractivity contribution in [2.75, 3.05) is 18.1 Å². The fourth-order valence-electron chi connectivity index (χ4n) is 1.30. The minimum atomic E-state index is 0.726. The molecule has 2 rings (SSSR count). The first-order valence-corrected chi connectivity index (χ1v) is 4.39. The van der Waals surface area contributed by atoms with Crippen molar-refractivity contribution in [1.82, 2.24) is 9.97 Å². The lowest BCUT2D eigenvalue weighted by molar-refractivity contribution is 1.30. The molecule has 2 aromatic rings. The molecule has 0 saturated carbocycles. The van der Waals surface area contributed by atoms with Gasteiger partial charge < -0.3 is 16.0 Å². The van der Waals surface area contributed by atoms with Crippen LogP contribution in [-0.2, 0) is 0 Å². The highest BCUT2D eigenvalue weighted by Crippen LogP contribution is 2.23. The summed E-state index contributed by atoms with van der Waals surface area (Å²) in [5.41, 5.74) is 7.47. The summed E-state index contributed by atoms with van der Waals surface area (Å²) in [5, 5.41) is 2.98. The first-order chi connectivity index (χ1) is 6.81. The standard InChI is InChI=1S/C10H12N4/c1-12-9-6-13-10(14-9)7-4-2-3-5-8(7)11/h2-6,12H,11H2,1H3,(H,13,14). The van der Waals surface area contributed by atoms with Crippen molar-refractivity contribution in [2.24, 2.45) is 0 Å². The van der Waals surface area contributed by atoms with Crippen LogP contribution in [0.3, 0.4) is 0 Å². The van der Waals surface area contributed by atoms with Crippen molar-refractivity contribution >= 4 is 11.5 Å². The third kappa shape index (κ3) is 1.42. The summed E-state index contributed by atoms with van der Waals surface area (Å²) in [4.78, 5) is 7.34. The largest absolute Gasteiger partial charge is 0.398 e. The van der Waals surface area contributed by atoms with Gasteiger partial charge in [-0.25, -0.2) is 4.98 Å². The van der Waals surface area contributed by atoms with Gasteiger partial charge in [-0.2, -0.15) is 0 Å². The van der Waals surface area contributed by atoms with E-state index in [2.05, 4.69) is 15.3 Å². The maximum Gasteiger partial charge on any atom is 0.140 e. The van der Waals surface area contributed by atoms with Gasteiger partial charge in [0, 0.05) is 18.3 Å². The predicted molar refractivity (Wildman–Crippen MR) is 58.0 cm³/mol. The average Bonchev–Trinajstić information content (AvgIpc) is 2.67. The highest BCUT2D eigenvalue weighted by Gasteiger charge is 2.04. The van der Waals surface area contributed by atoms with E-state index < -0.39 is 0 Å². The fourth-order valence-corrected chi connectivity index (χ4v) is 1.30. The minimum Gasteiger partial charge on any atom is -0.398 e. The van der Waals surface area contributed by atoms with Crippen molar-refractivity contribution in [3.05, 3.63) is 30.5 Å². The Kier molecular flexibility index (Phi) is 2.10. The van der Waals surface area contributed by atoms with Crippen LogP contribution in [0.4, 0.5) is 11.5 Å². The summed E-state index contributed by atoms with van der Waals surface area (Å²) in [6.45, 7) is 0. The van der Waals surface area contributed by atoms with Crippen LogP contribution >= 0.6 is 0 Å². The Hall–Kier alpha value is -1.97. The van der Waals surface area contributed by atoms with E-state index in [4.69, 9.17) is 5.73 Å². The topological polar surface area (TPSA) is 66.7 Å². The molecular weight excluding hydrogens is 176 g/mol. The molecular formula is C10H12N4. The maximum absolute atomic E-state index is 5.82. The van der Waals surface area contributed by atoms with Crippen LogP contribution in [0.1, 0.15) is 0 Å². The van der Waals surface area contributed by atoms with Crippen molar-refractivity contribution in [3.63, 3.8) is 0 Å². The number of benzene rings is 1. The van der Waals surface area contributed by atoms with E-state index in [1.807, 2.05) is 31.3 Å². The van der Waals surface area contributed by atoms with Crippen molar-refractivity contribution in [2.45, 2.75) is 0 Å². The van der Waals surface area contributed by atoms with Crippen LogP contribution in [0, 0.1) is 0 Å². The number of anilines is 2. The Balaban J connectivity index is 2.44. The molecule has 0 spiro atoms. The lowest BCUT2D eigenvalue weighted by Gasteiger charge is -2.00. The van der Waals surface area contributed by atoms with Gasteiger partial charge in [0.05, 0.1) is 6.20 Å². The summed E-state index contributed by atoms with van der Waals surface area (Å²) in [7, 11) is 1.84. The molecule has 4 N–H and O–H groups in total. The Morgan fingerprint density at radius 1 is 1.36 bits per heavy atom. The number of H-pyrrole nitrogens is 1. The molecule has 1 heterocycles. The Labute approximate surface area is 82.2 Å². The zero-order chi connectivity index (χ0) is 9.97. The summed E-state index contributed by atoms with van der Waals surface area (Å²) >= 11 is 0. The van der Waals surface area contributed by atoms with Gasteiger partial charge in [-0.1, -0.05) is 12.1 Å². The Morgan fingerprint density at radius 2 is 2.14 bits per heavy atom. The molecule has 14 heavy (non-hydrogen) atoms. The molecule has 1 aromatic carbocycles. The smallest absolute Gasteiger partial charge is 0.140 e. The van der Waals surface area contributed by atoms with E-state index in [1.54, 1.807) is 6.20 Å². The van der Waals surface area contributed by atoms with Gasteiger partial charge in [0.2, 0.25) is 0 Å². The van der Waals surface area contributed by atoms with Crippen LogP contribution in [0.15, 0.2) is 30.5 Å². The molecule has 0 unspecified atom stereocenters. The van der Waals surface area contributed by atoms with E-state index in [0.29, 0.717) is 0 Å². The highest BCUT2D eigenvalue weighted by molar-refractivity contribution is 5.72. The second-order valence-corrected chi connectivity index (χ2v) is 2.98. The molecule has 0 fully saturated rings. The minimum absolute atomic E-state index is 0.726. The van der Waals surface area contributed by atoms with Crippen LogP contribution < -0.4 is 11.1 Å². The van der Waals surface area contributed by atoms with Crippen molar-refractivity contribution in [3.8, 4) is 11.4 Å². The molecule has 0 atom stereocenters.